The average molecular weight is 407 g/mol. The summed E-state index contributed by atoms with van der Waals surface area (Å²) in [6.45, 7) is 4.82. The highest BCUT2D eigenvalue weighted by Gasteiger charge is 2.26. The minimum atomic E-state index is -0.174. The largest absolute Gasteiger partial charge is 0.493 e. The Kier molecular flexibility index (Phi) is 4.77. The maximum absolute atomic E-state index is 12.4. The molecule has 2 aliphatic heterocycles. The Morgan fingerprint density at radius 1 is 1.31 bits per heavy atom. The van der Waals surface area contributed by atoms with Crippen molar-refractivity contribution in [3.63, 3.8) is 0 Å². The Hall–Kier alpha value is -2.77. The summed E-state index contributed by atoms with van der Waals surface area (Å²) in [4.78, 5) is 24.7. The standard InChI is InChI=1S/C22H22N4O2S/c1-14(16-5-4-15-7-10-28-19(15)11-16)26-9-6-18-20(13-26)29-22(24-18)25-21(27)17-3-2-8-23-12-17/h2-5,8,11-12,14H,6-7,9-10,13H2,1H3,(H,24,25,27). The number of ether oxygens (including phenoxy) is 1. The van der Waals surface area contributed by atoms with Crippen molar-refractivity contribution < 1.29 is 9.53 Å². The van der Waals surface area contributed by atoms with Crippen LogP contribution < -0.4 is 10.1 Å². The average Bonchev–Trinajstić information content (AvgIpc) is 3.38. The van der Waals surface area contributed by atoms with Gasteiger partial charge < -0.3 is 4.74 Å². The number of pyridine rings is 1. The van der Waals surface area contributed by atoms with E-state index in [0.29, 0.717) is 16.7 Å². The van der Waals surface area contributed by atoms with Crippen molar-refractivity contribution in [3.8, 4) is 5.75 Å². The van der Waals surface area contributed by atoms with Gasteiger partial charge in [0, 0.05) is 49.2 Å². The summed E-state index contributed by atoms with van der Waals surface area (Å²) in [5.41, 5.74) is 4.22. The molecule has 6 nitrogen and oxygen atoms in total. The van der Waals surface area contributed by atoms with Gasteiger partial charge in [0.25, 0.3) is 5.91 Å². The number of carbonyl (C=O) groups excluding carboxylic acids is 1. The van der Waals surface area contributed by atoms with E-state index >= 15 is 0 Å². The Bertz CT molecular complexity index is 1050. The fourth-order valence-electron chi connectivity index (χ4n) is 3.92. The minimum absolute atomic E-state index is 0.174. The fraction of sp³-hybridized carbons (Fsp3) is 0.318. The second-order valence-corrected chi connectivity index (χ2v) is 8.53. The van der Waals surface area contributed by atoms with E-state index in [2.05, 4.69) is 45.3 Å². The lowest BCUT2D eigenvalue weighted by atomic mass is 10.0. The van der Waals surface area contributed by atoms with E-state index in [-0.39, 0.29) is 5.91 Å². The summed E-state index contributed by atoms with van der Waals surface area (Å²) in [5.74, 6) is 0.859. The summed E-state index contributed by atoms with van der Waals surface area (Å²) in [6, 6.07) is 10.4. The zero-order valence-corrected chi connectivity index (χ0v) is 17.0. The molecule has 0 spiro atoms. The number of amides is 1. The van der Waals surface area contributed by atoms with Crippen LogP contribution in [0.25, 0.3) is 0 Å². The van der Waals surface area contributed by atoms with Gasteiger partial charge in [-0.1, -0.05) is 12.1 Å². The number of hydrogen-bond donors (Lipinski definition) is 1. The number of carbonyl (C=O) groups is 1. The molecule has 0 aliphatic carbocycles. The summed E-state index contributed by atoms with van der Waals surface area (Å²) < 4.78 is 5.74. The molecule has 2 aromatic heterocycles. The maximum Gasteiger partial charge on any atom is 0.259 e. The van der Waals surface area contributed by atoms with Crippen LogP contribution in [-0.2, 0) is 19.4 Å². The molecule has 1 aromatic carbocycles. The molecule has 2 aliphatic rings. The lowest BCUT2D eigenvalue weighted by Gasteiger charge is -2.32. The number of benzene rings is 1. The first-order valence-electron chi connectivity index (χ1n) is 9.87. The molecular formula is C22H22N4O2S. The number of nitrogens with one attached hydrogen (secondary N) is 1. The monoisotopic (exact) mass is 406 g/mol. The van der Waals surface area contributed by atoms with Crippen LogP contribution in [0.4, 0.5) is 5.13 Å². The SMILES string of the molecule is CC(c1ccc2c(c1)OCC2)N1CCc2nc(NC(=O)c3cccnc3)sc2C1. The van der Waals surface area contributed by atoms with Gasteiger partial charge in [-0.15, -0.1) is 11.3 Å². The number of rotatable bonds is 4. The van der Waals surface area contributed by atoms with Gasteiger partial charge in [-0.25, -0.2) is 4.98 Å². The molecule has 1 amide bonds. The zero-order valence-electron chi connectivity index (χ0n) is 16.2. The third kappa shape index (κ3) is 3.63. The summed E-state index contributed by atoms with van der Waals surface area (Å²) in [5, 5.41) is 3.57. The molecule has 0 bridgehead atoms. The molecule has 29 heavy (non-hydrogen) atoms. The molecule has 1 N–H and O–H groups in total. The number of anilines is 1. The van der Waals surface area contributed by atoms with Crippen LogP contribution in [0.3, 0.4) is 0 Å². The van der Waals surface area contributed by atoms with Crippen molar-refractivity contribution >= 4 is 22.4 Å². The molecule has 3 aromatic rings. The third-order valence-electron chi connectivity index (χ3n) is 5.66. The van der Waals surface area contributed by atoms with E-state index in [1.807, 2.05) is 0 Å². The van der Waals surface area contributed by atoms with E-state index in [9.17, 15) is 4.79 Å². The molecule has 1 unspecified atom stereocenters. The van der Waals surface area contributed by atoms with Crippen molar-refractivity contribution in [2.24, 2.45) is 0 Å². The van der Waals surface area contributed by atoms with Gasteiger partial charge in [0.15, 0.2) is 5.13 Å². The first-order chi connectivity index (χ1) is 14.2. The third-order valence-corrected chi connectivity index (χ3v) is 6.65. The second kappa shape index (κ2) is 7.57. The number of fused-ring (bicyclic) bond motifs is 2. The summed E-state index contributed by atoms with van der Waals surface area (Å²) in [6.07, 6.45) is 5.11. The number of thiazole rings is 1. The molecular weight excluding hydrogens is 384 g/mol. The molecule has 0 saturated carbocycles. The van der Waals surface area contributed by atoms with Gasteiger partial charge >= 0.3 is 0 Å². The first kappa shape index (κ1) is 18.3. The normalized spacial score (nSPS) is 16.6. The predicted octanol–water partition coefficient (Wildman–Crippen LogP) is 3.84. The van der Waals surface area contributed by atoms with E-state index in [1.165, 1.54) is 16.0 Å². The molecule has 5 rings (SSSR count). The van der Waals surface area contributed by atoms with E-state index in [1.54, 1.807) is 35.9 Å². The van der Waals surface area contributed by atoms with Crippen LogP contribution >= 0.6 is 11.3 Å². The Labute approximate surface area is 173 Å². The van der Waals surface area contributed by atoms with Gasteiger partial charge in [-0.2, -0.15) is 0 Å². The highest BCUT2D eigenvalue weighted by atomic mass is 32.1. The van der Waals surface area contributed by atoms with Gasteiger partial charge in [-0.3, -0.25) is 20.0 Å². The van der Waals surface area contributed by atoms with Crippen molar-refractivity contribution in [2.45, 2.75) is 32.4 Å². The molecule has 4 heterocycles. The second-order valence-electron chi connectivity index (χ2n) is 7.45. The van der Waals surface area contributed by atoms with Gasteiger partial charge in [0.1, 0.15) is 5.75 Å². The molecule has 7 heteroatoms. The topological polar surface area (TPSA) is 67.3 Å². The van der Waals surface area contributed by atoms with E-state index < -0.39 is 0 Å². The van der Waals surface area contributed by atoms with Crippen molar-refractivity contribution in [1.29, 1.82) is 0 Å². The number of hydrogen-bond acceptors (Lipinski definition) is 6. The van der Waals surface area contributed by atoms with E-state index in [4.69, 9.17) is 4.74 Å². The van der Waals surface area contributed by atoms with Crippen molar-refractivity contribution in [1.82, 2.24) is 14.9 Å². The minimum Gasteiger partial charge on any atom is -0.493 e. The maximum atomic E-state index is 12.4. The van der Waals surface area contributed by atoms with Gasteiger partial charge in [0.2, 0.25) is 0 Å². The smallest absolute Gasteiger partial charge is 0.259 e. The molecule has 0 saturated heterocycles. The van der Waals surface area contributed by atoms with Gasteiger partial charge in [0.05, 0.1) is 17.9 Å². The fourth-order valence-corrected chi connectivity index (χ4v) is 4.95. The number of nitrogens with zero attached hydrogens (tertiary/aromatic N) is 3. The Morgan fingerprint density at radius 3 is 3.10 bits per heavy atom. The lowest BCUT2D eigenvalue weighted by molar-refractivity contribution is 0.102. The van der Waals surface area contributed by atoms with Crippen LogP contribution in [0.2, 0.25) is 0 Å². The molecule has 0 fully saturated rings. The van der Waals surface area contributed by atoms with Crippen molar-refractivity contribution in [2.75, 3.05) is 18.5 Å². The zero-order chi connectivity index (χ0) is 19.8. The Balaban J connectivity index is 1.29. The van der Waals surface area contributed by atoms with Crippen LogP contribution in [0.1, 0.15) is 45.0 Å². The van der Waals surface area contributed by atoms with Crippen LogP contribution in [0, 0.1) is 0 Å². The van der Waals surface area contributed by atoms with E-state index in [0.717, 1.165) is 44.0 Å². The summed E-state index contributed by atoms with van der Waals surface area (Å²) in [7, 11) is 0. The highest BCUT2D eigenvalue weighted by Crippen LogP contribution is 2.35. The predicted molar refractivity (Wildman–Crippen MR) is 112 cm³/mol. The van der Waals surface area contributed by atoms with Crippen LogP contribution in [-0.4, -0.2) is 33.9 Å². The molecule has 0 radical (unpaired) electrons. The molecule has 1 atom stereocenters. The van der Waals surface area contributed by atoms with Crippen LogP contribution in [0.5, 0.6) is 5.75 Å². The highest BCUT2D eigenvalue weighted by molar-refractivity contribution is 7.15. The van der Waals surface area contributed by atoms with Crippen molar-refractivity contribution in [3.05, 3.63) is 70.0 Å². The first-order valence-corrected chi connectivity index (χ1v) is 10.7. The van der Waals surface area contributed by atoms with Crippen LogP contribution in [0.15, 0.2) is 42.7 Å². The Morgan fingerprint density at radius 2 is 2.24 bits per heavy atom. The number of aromatic nitrogens is 2. The lowest BCUT2D eigenvalue weighted by Crippen LogP contribution is -2.32. The quantitative estimate of drug-likeness (QED) is 0.713. The summed E-state index contributed by atoms with van der Waals surface area (Å²) >= 11 is 1.56. The van der Waals surface area contributed by atoms with Gasteiger partial charge in [-0.05, 0) is 36.2 Å². The molecule has 148 valence electrons.